The van der Waals surface area contributed by atoms with E-state index < -0.39 is 0 Å². The Kier molecular flexibility index (Phi) is 4.84. The van der Waals surface area contributed by atoms with Gasteiger partial charge < -0.3 is 10.5 Å². The number of nitrogens with two attached hydrogens (primary N) is 1. The van der Waals surface area contributed by atoms with Gasteiger partial charge in [-0.3, -0.25) is 4.79 Å². The number of esters is 1. The lowest BCUT2D eigenvalue weighted by atomic mass is 10.0. The molecule has 0 aromatic heterocycles. The standard InChI is InChI=1S/C12H17NO2/c1-15-12(14)9-5-8-11(13)10-6-3-2-4-7-10/h2-4,6-7,11H,5,8-9,13H2,1H3/t11-/m0/s1. The molecule has 3 nitrogen and oxygen atoms in total. The number of methoxy groups -OCH3 is 1. The van der Waals surface area contributed by atoms with Crippen LogP contribution in [-0.4, -0.2) is 13.1 Å². The molecular weight excluding hydrogens is 190 g/mol. The maximum Gasteiger partial charge on any atom is 0.305 e. The first kappa shape index (κ1) is 11.7. The Bertz CT molecular complexity index is 298. The van der Waals surface area contributed by atoms with Gasteiger partial charge in [-0.1, -0.05) is 30.3 Å². The Hall–Kier alpha value is -1.35. The third-order valence-electron chi connectivity index (χ3n) is 2.35. The molecule has 1 aromatic rings. The van der Waals surface area contributed by atoms with Crippen LogP contribution in [0.5, 0.6) is 0 Å². The molecule has 0 fully saturated rings. The molecule has 82 valence electrons. The van der Waals surface area contributed by atoms with Gasteiger partial charge in [0.1, 0.15) is 0 Å². The average molecular weight is 207 g/mol. The SMILES string of the molecule is COC(=O)CCC[C@H](N)c1ccccc1. The van der Waals surface area contributed by atoms with Crippen LogP contribution in [0, 0.1) is 0 Å². The van der Waals surface area contributed by atoms with Crippen molar-refractivity contribution in [3.63, 3.8) is 0 Å². The fourth-order valence-corrected chi connectivity index (χ4v) is 1.44. The number of carbonyl (C=O) groups is 1. The zero-order chi connectivity index (χ0) is 11.1. The molecule has 15 heavy (non-hydrogen) atoms. The molecule has 0 saturated heterocycles. The summed E-state index contributed by atoms with van der Waals surface area (Å²) < 4.78 is 4.56. The second kappa shape index (κ2) is 6.19. The number of benzene rings is 1. The van der Waals surface area contributed by atoms with Crippen LogP contribution in [0.1, 0.15) is 30.9 Å². The topological polar surface area (TPSA) is 52.3 Å². The van der Waals surface area contributed by atoms with Crippen molar-refractivity contribution >= 4 is 5.97 Å². The van der Waals surface area contributed by atoms with Gasteiger partial charge in [-0.05, 0) is 18.4 Å². The Labute approximate surface area is 90.2 Å². The van der Waals surface area contributed by atoms with Crippen LogP contribution in [0.15, 0.2) is 30.3 Å². The molecule has 0 aliphatic heterocycles. The van der Waals surface area contributed by atoms with Crippen LogP contribution >= 0.6 is 0 Å². The van der Waals surface area contributed by atoms with E-state index in [9.17, 15) is 4.79 Å². The summed E-state index contributed by atoms with van der Waals surface area (Å²) in [6.45, 7) is 0. The molecular formula is C12H17NO2. The highest BCUT2D eigenvalue weighted by Crippen LogP contribution is 2.16. The number of rotatable bonds is 5. The van der Waals surface area contributed by atoms with Crippen molar-refractivity contribution in [2.45, 2.75) is 25.3 Å². The van der Waals surface area contributed by atoms with Crippen molar-refractivity contribution in [2.75, 3.05) is 7.11 Å². The lowest BCUT2D eigenvalue weighted by Crippen LogP contribution is -2.11. The Morgan fingerprint density at radius 3 is 2.67 bits per heavy atom. The summed E-state index contributed by atoms with van der Waals surface area (Å²) in [4.78, 5) is 10.9. The first-order chi connectivity index (χ1) is 7.24. The molecule has 0 amide bonds. The van der Waals surface area contributed by atoms with Crippen molar-refractivity contribution in [3.05, 3.63) is 35.9 Å². The number of hydrogen-bond acceptors (Lipinski definition) is 3. The molecule has 0 bridgehead atoms. The monoisotopic (exact) mass is 207 g/mol. The van der Waals surface area contributed by atoms with Crippen LogP contribution in [-0.2, 0) is 9.53 Å². The van der Waals surface area contributed by atoms with Crippen molar-refractivity contribution in [1.82, 2.24) is 0 Å². The Morgan fingerprint density at radius 2 is 2.07 bits per heavy atom. The third-order valence-corrected chi connectivity index (χ3v) is 2.35. The third kappa shape index (κ3) is 4.13. The molecule has 1 aromatic carbocycles. The van der Waals surface area contributed by atoms with E-state index in [1.807, 2.05) is 30.3 Å². The summed E-state index contributed by atoms with van der Waals surface area (Å²) in [5.74, 6) is -0.171. The Balaban J connectivity index is 2.31. The molecule has 1 atom stereocenters. The van der Waals surface area contributed by atoms with Gasteiger partial charge in [-0.2, -0.15) is 0 Å². The van der Waals surface area contributed by atoms with E-state index in [2.05, 4.69) is 4.74 Å². The van der Waals surface area contributed by atoms with Gasteiger partial charge in [0.15, 0.2) is 0 Å². The van der Waals surface area contributed by atoms with E-state index in [4.69, 9.17) is 5.73 Å². The molecule has 0 aliphatic carbocycles. The molecule has 1 rings (SSSR count). The van der Waals surface area contributed by atoms with Gasteiger partial charge in [-0.25, -0.2) is 0 Å². The smallest absolute Gasteiger partial charge is 0.305 e. The number of ether oxygens (including phenoxy) is 1. The number of carbonyl (C=O) groups excluding carboxylic acids is 1. The fraction of sp³-hybridized carbons (Fsp3) is 0.417. The van der Waals surface area contributed by atoms with E-state index in [-0.39, 0.29) is 12.0 Å². The second-order valence-electron chi connectivity index (χ2n) is 3.49. The Morgan fingerprint density at radius 1 is 1.40 bits per heavy atom. The zero-order valence-electron chi connectivity index (χ0n) is 8.98. The van der Waals surface area contributed by atoms with E-state index in [1.165, 1.54) is 7.11 Å². The summed E-state index contributed by atoms with van der Waals surface area (Å²) in [7, 11) is 1.40. The minimum absolute atomic E-state index is 0.0101. The van der Waals surface area contributed by atoms with Crippen molar-refractivity contribution in [1.29, 1.82) is 0 Å². The van der Waals surface area contributed by atoms with Gasteiger partial charge in [0.05, 0.1) is 7.11 Å². The summed E-state index contributed by atoms with van der Waals surface area (Å²) in [5, 5.41) is 0. The van der Waals surface area contributed by atoms with Crippen molar-refractivity contribution < 1.29 is 9.53 Å². The quantitative estimate of drug-likeness (QED) is 0.751. The molecule has 0 spiro atoms. The highest BCUT2D eigenvalue weighted by atomic mass is 16.5. The highest BCUT2D eigenvalue weighted by molar-refractivity contribution is 5.68. The van der Waals surface area contributed by atoms with Gasteiger partial charge in [0.2, 0.25) is 0 Å². The molecule has 0 heterocycles. The summed E-state index contributed by atoms with van der Waals surface area (Å²) in [6.07, 6.45) is 2.01. The summed E-state index contributed by atoms with van der Waals surface area (Å²) in [5.41, 5.74) is 7.08. The minimum Gasteiger partial charge on any atom is -0.469 e. The molecule has 2 N–H and O–H groups in total. The van der Waals surface area contributed by atoms with Crippen LogP contribution in [0.2, 0.25) is 0 Å². The van der Waals surface area contributed by atoms with Gasteiger partial charge >= 0.3 is 5.97 Å². The predicted octanol–water partition coefficient (Wildman–Crippen LogP) is 2.03. The summed E-state index contributed by atoms with van der Waals surface area (Å²) >= 11 is 0. The van der Waals surface area contributed by atoms with Gasteiger partial charge in [0, 0.05) is 12.5 Å². The van der Waals surface area contributed by atoms with Crippen LogP contribution < -0.4 is 5.73 Å². The molecule has 0 radical (unpaired) electrons. The van der Waals surface area contributed by atoms with Crippen LogP contribution in [0.4, 0.5) is 0 Å². The predicted molar refractivity (Wildman–Crippen MR) is 59.2 cm³/mol. The second-order valence-corrected chi connectivity index (χ2v) is 3.49. The lowest BCUT2D eigenvalue weighted by Gasteiger charge is -2.10. The van der Waals surface area contributed by atoms with Crippen LogP contribution in [0.3, 0.4) is 0 Å². The molecule has 0 unspecified atom stereocenters. The fourth-order valence-electron chi connectivity index (χ4n) is 1.44. The van der Waals surface area contributed by atoms with Gasteiger partial charge in [0.25, 0.3) is 0 Å². The lowest BCUT2D eigenvalue weighted by molar-refractivity contribution is -0.140. The van der Waals surface area contributed by atoms with E-state index >= 15 is 0 Å². The molecule has 0 saturated carbocycles. The first-order valence-corrected chi connectivity index (χ1v) is 5.11. The van der Waals surface area contributed by atoms with Crippen molar-refractivity contribution in [3.8, 4) is 0 Å². The maximum atomic E-state index is 10.9. The minimum atomic E-state index is -0.171. The van der Waals surface area contributed by atoms with Crippen LogP contribution in [0.25, 0.3) is 0 Å². The van der Waals surface area contributed by atoms with E-state index in [1.54, 1.807) is 0 Å². The van der Waals surface area contributed by atoms with Gasteiger partial charge in [-0.15, -0.1) is 0 Å². The summed E-state index contributed by atoms with van der Waals surface area (Å²) in [6, 6.07) is 9.91. The highest BCUT2D eigenvalue weighted by Gasteiger charge is 2.06. The van der Waals surface area contributed by atoms with Crippen molar-refractivity contribution in [2.24, 2.45) is 5.73 Å². The largest absolute Gasteiger partial charge is 0.469 e. The zero-order valence-corrected chi connectivity index (χ0v) is 8.98. The average Bonchev–Trinajstić information content (AvgIpc) is 2.29. The number of hydrogen-bond donors (Lipinski definition) is 1. The van der Waals surface area contributed by atoms with E-state index in [0.717, 1.165) is 18.4 Å². The normalized spacial score (nSPS) is 12.1. The van der Waals surface area contributed by atoms with E-state index in [0.29, 0.717) is 6.42 Å². The maximum absolute atomic E-state index is 10.9. The molecule has 0 aliphatic rings. The molecule has 3 heteroatoms. The first-order valence-electron chi connectivity index (χ1n) is 5.11.